The summed E-state index contributed by atoms with van der Waals surface area (Å²) in [6, 6.07) is 11.5. The molecule has 0 aliphatic rings. The Morgan fingerprint density at radius 1 is 1.21 bits per heavy atom. The lowest BCUT2D eigenvalue weighted by molar-refractivity contribution is 0.460. The zero-order valence-corrected chi connectivity index (χ0v) is 13.3. The molecule has 0 saturated heterocycles. The topological polar surface area (TPSA) is 60.2 Å². The van der Waals surface area contributed by atoms with Gasteiger partial charge < -0.3 is 14.5 Å². The largest absolute Gasteiger partial charge is 0.469 e. The second-order valence-corrected chi connectivity index (χ2v) is 5.44. The van der Waals surface area contributed by atoms with Crippen molar-refractivity contribution in [3.63, 3.8) is 0 Å². The van der Waals surface area contributed by atoms with Crippen molar-refractivity contribution in [3.05, 3.63) is 66.5 Å². The van der Waals surface area contributed by atoms with E-state index in [-0.39, 0.29) is 11.9 Å². The highest BCUT2D eigenvalue weighted by molar-refractivity contribution is 5.32. The molecule has 0 spiro atoms. The van der Waals surface area contributed by atoms with Gasteiger partial charge in [-0.05, 0) is 49.7 Å². The average Bonchev–Trinajstić information content (AvgIpc) is 3.09. The summed E-state index contributed by atoms with van der Waals surface area (Å²) in [6.45, 7) is 2.06. The number of nitrogens with zero attached hydrogens (tertiary/aromatic N) is 2. The molecule has 3 rings (SSSR count). The molecular weight excluding hydrogens is 309 g/mol. The number of nitrogens with one attached hydrogen (secondary N) is 1. The molecule has 1 atom stereocenters. The van der Waals surface area contributed by atoms with E-state index >= 15 is 0 Å². The Kier molecular flexibility index (Phi) is 5.05. The number of aryl methyl sites for hydroxylation is 1. The van der Waals surface area contributed by atoms with E-state index in [1.54, 1.807) is 30.7 Å². The third-order valence-electron chi connectivity index (χ3n) is 3.45. The number of benzene rings is 1. The molecule has 0 fully saturated rings. The highest BCUT2D eigenvalue weighted by atomic mass is 19.1. The summed E-state index contributed by atoms with van der Waals surface area (Å²) in [5.74, 6) is 2.06. The molecule has 3 aromatic rings. The van der Waals surface area contributed by atoms with Crippen LogP contribution in [0.5, 0.6) is 11.6 Å². The zero-order valence-electron chi connectivity index (χ0n) is 13.3. The van der Waals surface area contributed by atoms with Crippen molar-refractivity contribution in [2.24, 2.45) is 0 Å². The second-order valence-electron chi connectivity index (χ2n) is 5.44. The van der Waals surface area contributed by atoms with Crippen LogP contribution >= 0.6 is 0 Å². The molecule has 1 unspecified atom stereocenters. The van der Waals surface area contributed by atoms with Gasteiger partial charge in [0.05, 0.1) is 6.26 Å². The van der Waals surface area contributed by atoms with Crippen LogP contribution in [-0.4, -0.2) is 16.0 Å². The van der Waals surface area contributed by atoms with E-state index in [1.807, 2.05) is 12.1 Å². The first-order valence-corrected chi connectivity index (χ1v) is 7.74. The lowest BCUT2D eigenvalue weighted by Gasteiger charge is -2.13. The third kappa shape index (κ3) is 4.55. The van der Waals surface area contributed by atoms with Gasteiger partial charge in [0, 0.05) is 24.7 Å². The molecule has 0 radical (unpaired) electrons. The number of halogens is 1. The van der Waals surface area contributed by atoms with E-state index in [1.165, 1.54) is 12.1 Å². The van der Waals surface area contributed by atoms with E-state index < -0.39 is 0 Å². The first-order chi connectivity index (χ1) is 11.7. The first-order valence-electron chi connectivity index (χ1n) is 7.74. The Balaban J connectivity index is 1.57. The first kappa shape index (κ1) is 16.0. The molecule has 2 aromatic heterocycles. The van der Waals surface area contributed by atoms with Gasteiger partial charge in [-0.2, -0.15) is 4.98 Å². The Hall–Kier alpha value is -2.89. The summed E-state index contributed by atoms with van der Waals surface area (Å²) < 4.78 is 23.8. The summed E-state index contributed by atoms with van der Waals surface area (Å²) in [5, 5.41) is 3.24. The van der Waals surface area contributed by atoms with E-state index in [0.717, 1.165) is 18.6 Å². The SMILES string of the molecule is CC(CCc1ccco1)Nc1nccc(Oc2ccc(F)cc2)n1. The van der Waals surface area contributed by atoms with Gasteiger partial charge in [0.2, 0.25) is 11.8 Å². The van der Waals surface area contributed by atoms with Crippen molar-refractivity contribution < 1.29 is 13.5 Å². The molecule has 0 bridgehead atoms. The van der Waals surface area contributed by atoms with Crippen LogP contribution < -0.4 is 10.1 Å². The molecule has 0 aliphatic carbocycles. The molecular formula is C18H18FN3O2. The van der Waals surface area contributed by atoms with Crippen molar-refractivity contribution in [2.75, 3.05) is 5.32 Å². The van der Waals surface area contributed by atoms with Gasteiger partial charge in [0.1, 0.15) is 17.3 Å². The Morgan fingerprint density at radius 2 is 2.04 bits per heavy atom. The van der Waals surface area contributed by atoms with Crippen LogP contribution in [-0.2, 0) is 6.42 Å². The van der Waals surface area contributed by atoms with Crippen molar-refractivity contribution in [1.29, 1.82) is 0 Å². The molecule has 0 aliphatic heterocycles. The number of ether oxygens (including phenoxy) is 1. The Labute approximate surface area is 139 Å². The zero-order chi connectivity index (χ0) is 16.8. The van der Waals surface area contributed by atoms with Crippen LogP contribution in [0.15, 0.2) is 59.3 Å². The normalized spacial score (nSPS) is 11.9. The maximum atomic E-state index is 12.9. The lowest BCUT2D eigenvalue weighted by Crippen LogP contribution is -2.17. The van der Waals surface area contributed by atoms with Crippen LogP contribution in [0.1, 0.15) is 19.1 Å². The lowest BCUT2D eigenvalue weighted by atomic mass is 10.1. The van der Waals surface area contributed by atoms with E-state index in [9.17, 15) is 4.39 Å². The van der Waals surface area contributed by atoms with Crippen LogP contribution in [0.4, 0.5) is 10.3 Å². The molecule has 24 heavy (non-hydrogen) atoms. The predicted molar refractivity (Wildman–Crippen MR) is 88.6 cm³/mol. The summed E-state index contributed by atoms with van der Waals surface area (Å²) in [4.78, 5) is 8.51. The molecule has 5 nitrogen and oxygen atoms in total. The van der Waals surface area contributed by atoms with Gasteiger partial charge in [-0.3, -0.25) is 0 Å². The van der Waals surface area contributed by atoms with Gasteiger partial charge in [0.25, 0.3) is 0 Å². The van der Waals surface area contributed by atoms with Gasteiger partial charge in [-0.1, -0.05) is 0 Å². The van der Waals surface area contributed by atoms with E-state index in [4.69, 9.17) is 9.15 Å². The number of hydrogen-bond donors (Lipinski definition) is 1. The smallest absolute Gasteiger partial charge is 0.226 e. The maximum absolute atomic E-state index is 12.9. The molecule has 1 aromatic carbocycles. The molecule has 124 valence electrons. The summed E-state index contributed by atoms with van der Waals surface area (Å²) in [6.07, 6.45) is 5.02. The van der Waals surface area contributed by atoms with Gasteiger partial charge >= 0.3 is 0 Å². The minimum Gasteiger partial charge on any atom is -0.469 e. The number of hydrogen-bond acceptors (Lipinski definition) is 5. The number of rotatable bonds is 7. The number of anilines is 1. The molecule has 6 heteroatoms. The fraction of sp³-hybridized carbons (Fsp3) is 0.222. The van der Waals surface area contributed by atoms with E-state index in [0.29, 0.717) is 17.6 Å². The van der Waals surface area contributed by atoms with Gasteiger partial charge in [0.15, 0.2) is 0 Å². The van der Waals surface area contributed by atoms with Crippen molar-refractivity contribution in [1.82, 2.24) is 9.97 Å². The summed E-state index contributed by atoms with van der Waals surface area (Å²) in [7, 11) is 0. The fourth-order valence-electron chi connectivity index (χ4n) is 2.20. The fourth-order valence-corrected chi connectivity index (χ4v) is 2.20. The summed E-state index contributed by atoms with van der Waals surface area (Å²) >= 11 is 0. The Bertz CT molecular complexity index is 760. The van der Waals surface area contributed by atoms with Crippen LogP contribution in [0.2, 0.25) is 0 Å². The number of furan rings is 1. The quantitative estimate of drug-likeness (QED) is 0.695. The highest BCUT2D eigenvalue weighted by Gasteiger charge is 2.07. The van der Waals surface area contributed by atoms with Gasteiger partial charge in [-0.25, -0.2) is 9.37 Å². The van der Waals surface area contributed by atoms with Crippen LogP contribution in [0.25, 0.3) is 0 Å². The monoisotopic (exact) mass is 327 g/mol. The second kappa shape index (κ2) is 7.59. The van der Waals surface area contributed by atoms with Crippen molar-refractivity contribution in [3.8, 4) is 11.6 Å². The number of aromatic nitrogens is 2. The Morgan fingerprint density at radius 3 is 2.79 bits per heavy atom. The predicted octanol–water partition coefficient (Wildman–Crippen LogP) is 4.43. The van der Waals surface area contributed by atoms with E-state index in [2.05, 4.69) is 22.2 Å². The molecule has 1 N–H and O–H groups in total. The average molecular weight is 327 g/mol. The molecule has 0 saturated carbocycles. The highest BCUT2D eigenvalue weighted by Crippen LogP contribution is 2.20. The molecule has 0 amide bonds. The van der Waals surface area contributed by atoms with Crippen LogP contribution in [0.3, 0.4) is 0 Å². The standard InChI is InChI=1S/C18H18FN3O2/c1-13(4-7-15-3-2-12-23-15)21-18-20-11-10-17(22-18)24-16-8-5-14(19)6-9-16/h2-3,5-6,8-13H,4,7H2,1H3,(H,20,21,22). The van der Waals surface area contributed by atoms with Crippen LogP contribution in [0, 0.1) is 5.82 Å². The van der Waals surface area contributed by atoms with Gasteiger partial charge in [-0.15, -0.1) is 0 Å². The third-order valence-corrected chi connectivity index (χ3v) is 3.45. The minimum atomic E-state index is -0.308. The van der Waals surface area contributed by atoms with Crippen molar-refractivity contribution in [2.45, 2.75) is 25.8 Å². The maximum Gasteiger partial charge on any atom is 0.226 e. The summed E-state index contributed by atoms with van der Waals surface area (Å²) in [5.41, 5.74) is 0. The van der Waals surface area contributed by atoms with Crippen molar-refractivity contribution >= 4 is 5.95 Å². The minimum absolute atomic E-state index is 0.177. The molecule has 2 heterocycles.